The summed E-state index contributed by atoms with van der Waals surface area (Å²) in [4.78, 5) is 74.9. The van der Waals surface area contributed by atoms with Crippen LogP contribution in [0, 0.1) is 5.92 Å². The second-order valence-electron chi connectivity index (χ2n) is 9.85. The number of aliphatic carboxylic acids is 2. The van der Waals surface area contributed by atoms with Gasteiger partial charge in [0.05, 0.1) is 12.0 Å². The van der Waals surface area contributed by atoms with Crippen LogP contribution in [-0.4, -0.2) is 86.7 Å². The van der Waals surface area contributed by atoms with Crippen LogP contribution in [0.2, 0.25) is 0 Å². The summed E-state index contributed by atoms with van der Waals surface area (Å²) in [6.45, 7) is 5.20. The number of hydrogen-bond acceptors (Lipinski definition) is 9. The van der Waals surface area contributed by atoms with Crippen molar-refractivity contribution in [2.45, 2.75) is 83.5 Å². The van der Waals surface area contributed by atoms with Crippen molar-refractivity contribution in [1.82, 2.24) is 21.3 Å². The highest BCUT2D eigenvalue weighted by Gasteiger charge is 2.34. The monoisotopic (exact) mass is 595 g/mol. The van der Waals surface area contributed by atoms with Gasteiger partial charge in [0, 0.05) is 0 Å². The highest BCUT2D eigenvalue weighted by molar-refractivity contribution is 6.01. The number of phenols is 2. The third-order valence-corrected chi connectivity index (χ3v) is 6.62. The molecule has 0 aromatic heterocycles. The topological polar surface area (TPSA) is 257 Å². The molecule has 1 rings (SSSR count). The highest BCUT2D eigenvalue weighted by atomic mass is 16.4. The fourth-order valence-corrected chi connectivity index (χ4v) is 3.92. The van der Waals surface area contributed by atoms with E-state index in [-0.39, 0.29) is 24.2 Å². The van der Waals surface area contributed by atoms with Crippen LogP contribution in [0.4, 0.5) is 0 Å². The zero-order chi connectivity index (χ0) is 32.0. The lowest BCUT2D eigenvalue weighted by molar-refractivity contribution is -0.143. The van der Waals surface area contributed by atoms with E-state index in [1.807, 2.05) is 0 Å². The molecule has 0 saturated heterocycles. The number of phenolic OH excluding ortho intramolecular Hbond substituents is 2. The summed E-state index contributed by atoms with van der Waals surface area (Å²) < 4.78 is 0. The van der Waals surface area contributed by atoms with E-state index in [0.717, 1.165) is 12.1 Å². The van der Waals surface area contributed by atoms with Crippen molar-refractivity contribution in [2.24, 2.45) is 11.7 Å². The second-order valence-corrected chi connectivity index (χ2v) is 9.85. The molecule has 1 aromatic rings. The SMILES string of the molecule is CC[C@H](NC(=O)[C@H](CC(=O)O)NC(=O)[C@@H](NC(=O)[C@H](CCCCN)NC(=O)c1cc(O)ccc1O)[C@@H](C)CC)C(=O)O. The minimum absolute atomic E-state index is 0.0119. The molecule has 0 radical (unpaired) electrons. The quantitative estimate of drug-likeness (QED) is 0.0792. The number of nitrogens with two attached hydrogens (primary N) is 1. The van der Waals surface area contributed by atoms with Gasteiger partial charge in [0.15, 0.2) is 0 Å². The molecule has 10 N–H and O–H groups in total. The van der Waals surface area contributed by atoms with Crippen LogP contribution in [0.5, 0.6) is 11.5 Å². The number of carbonyl (C=O) groups excluding carboxylic acids is 4. The van der Waals surface area contributed by atoms with E-state index in [9.17, 15) is 49.2 Å². The molecule has 0 aliphatic rings. The van der Waals surface area contributed by atoms with Crippen molar-refractivity contribution in [3.8, 4) is 11.5 Å². The van der Waals surface area contributed by atoms with Crippen molar-refractivity contribution >= 4 is 35.6 Å². The number of carboxylic acids is 2. The van der Waals surface area contributed by atoms with Gasteiger partial charge in [-0.05, 0) is 56.3 Å². The molecule has 5 atom stereocenters. The van der Waals surface area contributed by atoms with Crippen molar-refractivity contribution in [1.29, 1.82) is 0 Å². The minimum Gasteiger partial charge on any atom is -0.508 e. The molecule has 15 heteroatoms. The number of aromatic hydroxyl groups is 2. The normalized spacial score (nSPS) is 14.4. The number of benzene rings is 1. The summed E-state index contributed by atoms with van der Waals surface area (Å²) in [6, 6.07) is -2.09. The Morgan fingerprint density at radius 2 is 1.43 bits per heavy atom. The predicted octanol–water partition coefficient (Wildman–Crippen LogP) is -0.205. The molecule has 1 aromatic carbocycles. The lowest BCUT2D eigenvalue weighted by Crippen LogP contribution is -2.59. The Bertz CT molecular complexity index is 1130. The molecule has 0 aliphatic carbocycles. The summed E-state index contributed by atoms with van der Waals surface area (Å²) >= 11 is 0. The van der Waals surface area contributed by atoms with E-state index in [2.05, 4.69) is 21.3 Å². The Balaban J connectivity index is 3.20. The summed E-state index contributed by atoms with van der Waals surface area (Å²) in [7, 11) is 0. The summed E-state index contributed by atoms with van der Waals surface area (Å²) in [5.41, 5.74) is 5.27. The highest BCUT2D eigenvalue weighted by Crippen LogP contribution is 2.22. The Morgan fingerprint density at radius 1 is 0.810 bits per heavy atom. The predicted molar refractivity (Wildman–Crippen MR) is 149 cm³/mol. The molecule has 0 aliphatic heterocycles. The average molecular weight is 596 g/mol. The van der Waals surface area contributed by atoms with E-state index in [0.29, 0.717) is 25.8 Å². The molecule has 234 valence electrons. The van der Waals surface area contributed by atoms with Gasteiger partial charge in [-0.1, -0.05) is 27.2 Å². The van der Waals surface area contributed by atoms with E-state index in [1.54, 1.807) is 13.8 Å². The molecule has 15 nitrogen and oxygen atoms in total. The number of carboxylic acid groups (broad SMARTS) is 2. The van der Waals surface area contributed by atoms with Gasteiger partial charge in [-0.3, -0.25) is 24.0 Å². The summed E-state index contributed by atoms with van der Waals surface area (Å²) in [5, 5.41) is 47.8. The first-order valence-electron chi connectivity index (χ1n) is 13.6. The van der Waals surface area contributed by atoms with Gasteiger partial charge in [0.1, 0.15) is 35.7 Å². The average Bonchev–Trinajstić information content (AvgIpc) is 2.93. The fourth-order valence-electron chi connectivity index (χ4n) is 3.92. The smallest absolute Gasteiger partial charge is 0.326 e. The Morgan fingerprint density at radius 3 is 1.98 bits per heavy atom. The van der Waals surface area contributed by atoms with Crippen molar-refractivity contribution in [3.63, 3.8) is 0 Å². The molecule has 0 bridgehead atoms. The van der Waals surface area contributed by atoms with Gasteiger partial charge in [-0.2, -0.15) is 0 Å². The van der Waals surface area contributed by atoms with Crippen molar-refractivity contribution in [3.05, 3.63) is 23.8 Å². The van der Waals surface area contributed by atoms with Crippen molar-refractivity contribution in [2.75, 3.05) is 6.54 Å². The van der Waals surface area contributed by atoms with Crippen LogP contribution in [0.3, 0.4) is 0 Å². The maximum absolute atomic E-state index is 13.4. The fraction of sp³-hybridized carbons (Fsp3) is 0.556. The molecule has 0 unspecified atom stereocenters. The maximum atomic E-state index is 13.4. The van der Waals surface area contributed by atoms with E-state index in [1.165, 1.54) is 13.0 Å². The number of rotatable bonds is 18. The van der Waals surface area contributed by atoms with Gasteiger partial charge in [0.25, 0.3) is 5.91 Å². The first-order chi connectivity index (χ1) is 19.7. The lowest BCUT2D eigenvalue weighted by atomic mass is 9.96. The van der Waals surface area contributed by atoms with Gasteiger partial charge in [-0.15, -0.1) is 0 Å². The first-order valence-corrected chi connectivity index (χ1v) is 13.6. The van der Waals surface area contributed by atoms with Crippen LogP contribution in [-0.2, 0) is 24.0 Å². The van der Waals surface area contributed by atoms with E-state index < -0.39 is 77.8 Å². The second kappa shape index (κ2) is 17.4. The van der Waals surface area contributed by atoms with Gasteiger partial charge < -0.3 is 47.4 Å². The number of hydrogen-bond donors (Lipinski definition) is 9. The minimum atomic E-state index is -1.64. The number of amides is 4. The zero-order valence-electron chi connectivity index (χ0n) is 23.9. The summed E-state index contributed by atoms with van der Waals surface area (Å²) in [5.74, 6) is -7.53. The molecule has 4 amide bonds. The van der Waals surface area contributed by atoms with Crippen LogP contribution in [0.1, 0.15) is 69.7 Å². The van der Waals surface area contributed by atoms with E-state index in [4.69, 9.17) is 5.73 Å². The van der Waals surface area contributed by atoms with Gasteiger partial charge >= 0.3 is 11.9 Å². The van der Waals surface area contributed by atoms with E-state index >= 15 is 0 Å². The molecular formula is C27H41N5O10. The molecule has 0 saturated carbocycles. The summed E-state index contributed by atoms with van der Waals surface area (Å²) in [6.07, 6.45) is 0.600. The maximum Gasteiger partial charge on any atom is 0.326 e. The first kappa shape index (κ1) is 35.6. The van der Waals surface area contributed by atoms with Crippen LogP contribution in [0.25, 0.3) is 0 Å². The Hall–Kier alpha value is -4.40. The number of carbonyl (C=O) groups is 6. The van der Waals surface area contributed by atoms with Crippen LogP contribution >= 0.6 is 0 Å². The molecule has 0 spiro atoms. The molecule has 0 fully saturated rings. The zero-order valence-corrected chi connectivity index (χ0v) is 23.9. The number of nitrogens with one attached hydrogen (secondary N) is 4. The molecule has 42 heavy (non-hydrogen) atoms. The number of unbranched alkanes of at least 4 members (excludes halogenated alkanes) is 1. The lowest BCUT2D eigenvalue weighted by Gasteiger charge is -2.28. The third kappa shape index (κ3) is 11.2. The van der Waals surface area contributed by atoms with Gasteiger partial charge in [0.2, 0.25) is 17.7 Å². The Labute approximate surface area is 243 Å². The third-order valence-electron chi connectivity index (χ3n) is 6.62. The van der Waals surface area contributed by atoms with Crippen LogP contribution in [0.15, 0.2) is 18.2 Å². The van der Waals surface area contributed by atoms with Crippen LogP contribution < -0.4 is 27.0 Å². The largest absolute Gasteiger partial charge is 0.508 e. The Kier molecular flexibility index (Phi) is 14.8. The molecular weight excluding hydrogens is 554 g/mol. The standard InChI is InChI=1S/C27H41N5O10/c1-4-14(3)22(26(40)31-19(13-21(35)36)25(39)29-17(5-2)27(41)42)32-24(38)18(8-6-7-11-28)30-23(37)16-12-15(33)9-10-20(16)34/h9-10,12,14,17-19,22,33-34H,4-8,11,13,28H2,1-3H3,(H,29,39)(H,30,37)(H,31,40)(H,32,38)(H,35,36)(H,41,42)/t14-,17-,18-,19-,22-/m0/s1. The van der Waals surface area contributed by atoms with Crippen molar-refractivity contribution < 1.29 is 49.2 Å². The molecule has 0 heterocycles. The van der Waals surface area contributed by atoms with Gasteiger partial charge in [-0.25, -0.2) is 4.79 Å².